The van der Waals surface area contributed by atoms with E-state index in [9.17, 15) is 4.79 Å². The lowest BCUT2D eigenvalue weighted by Gasteiger charge is -2.22. The first-order valence-electron chi connectivity index (χ1n) is 9.61. The van der Waals surface area contributed by atoms with Crippen molar-refractivity contribution in [3.05, 3.63) is 65.2 Å². The highest BCUT2D eigenvalue weighted by Crippen LogP contribution is 2.28. The van der Waals surface area contributed by atoms with Crippen molar-refractivity contribution in [3.8, 4) is 0 Å². The van der Waals surface area contributed by atoms with E-state index in [2.05, 4.69) is 55.6 Å². The minimum absolute atomic E-state index is 0.0386. The van der Waals surface area contributed by atoms with Gasteiger partial charge < -0.3 is 11.1 Å². The van der Waals surface area contributed by atoms with Crippen molar-refractivity contribution >= 4 is 17.7 Å². The van der Waals surface area contributed by atoms with Crippen LogP contribution in [0, 0.1) is 5.41 Å². The van der Waals surface area contributed by atoms with Gasteiger partial charge in [0.25, 0.3) is 5.91 Å². The molecule has 3 N–H and O–H groups in total. The van der Waals surface area contributed by atoms with Gasteiger partial charge in [-0.2, -0.15) is 0 Å². The fourth-order valence-electron chi connectivity index (χ4n) is 2.68. The molecule has 27 heavy (non-hydrogen) atoms. The van der Waals surface area contributed by atoms with Gasteiger partial charge in [0.2, 0.25) is 0 Å². The Balaban J connectivity index is 1.86. The molecular formula is C23H32N2OS. The molecule has 2 aromatic carbocycles. The standard InChI is InChI=1S/C23H32N2OS/c1-17(2)20-7-5-6-8-21(20)27-14-13-18-9-11-19(12-10-18)22(26)25-16-23(3,4)15-24/h5-12,17H,13-16,24H2,1-4H3,(H,25,26). The predicted molar refractivity (Wildman–Crippen MR) is 117 cm³/mol. The van der Waals surface area contributed by atoms with Crippen molar-refractivity contribution in [2.75, 3.05) is 18.8 Å². The van der Waals surface area contributed by atoms with Crippen molar-refractivity contribution in [1.29, 1.82) is 0 Å². The SMILES string of the molecule is CC(C)c1ccccc1SCCc1ccc(C(=O)NCC(C)(C)CN)cc1. The predicted octanol–water partition coefficient (Wildman–Crippen LogP) is 4.86. The van der Waals surface area contributed by atoms with Crippen LogP contribution in [0.1, 0.15) is 55.1 Å². The highest BCUT2D eigenvalue weighted by Gasteiger charge is 2.17. The Morgan fingerprint density at radius 2 is 1.78 bits per heavy atom. The number of carbonyl (C=O) groups excluding carboxylic acids is 1. The van der Waals surface area contributed by atoms with Gasteiger partial charge in [0.05, 0.1) is 0 Å². The Labute approximate surface area is 168 Å². The van der Waals surface area contributed by atoms with Crippen molar-refractivity contribution in [3.63, 3.8) is 0 Å². The maximum absolute atomic E-state index is 12.3. The summed E-state index contributed by atoms with van der Waals surface area (Å²) in [6.45, 7) is 9.69. The molecule has 0 aliphatic carbocycles. The molecule has 0 spiro atoms. The maximum atomic E-state index is 12.3. The fraction of sp³-hybridized carbons (Fsp3) is 0.435. The summed E-state index contributed by atoms with van der Waals surface area (Å²) in [4.78, 5) is 13.6. The number of carbonyl (C=O) groups is 1. The second kappa shape index (κ2) is 9.95. The Morgan fingerprint density at radius 3 is 2.41 bits per heavy atom. The van der Waals surface area contributed by atoms with E-state index in [0.29, 0.717) is 24.6 Å². The molecule has 0 bridgehead atoms. The van der Waals surface area contributed by atoms with Crippen LogP contribution in [-0.2, 0) is 6.42 Å². The van der Waals surface area contributed by atoms with Crippen LogP contribution in [0.3, 0.4) is 0 Å². The van der Waals surface area contributed by atoms with Crippen LogP contribution in [0.25, 0.3) is 0 Å². The minimum atomic E-state index is -0.0842. The van der Waals surface area contributed by atoms with Gasteiger partial charge in [0, 0.05) is 22.8 Å². The zero-order valence-electron chi connectivity index (χ0n) is 16.9. The van der Waals surface area contributed by atoms with Crippen LogP contribution < -0.4 is 11.1 Å². The highest BCUT2D eigenvalue weighted by atomic mass is 32.2. The smallest absolute Gasteiger partial charge is 0.251 e. The Morgan fingerprint density at radius 1 is 1.11 bits per heavy atom. The first-order chi connectivity index (χ1) is 12.8. The Kier molecular flexibility index (Phi) is 7.93. The first-order valence-corrected chi connectivity index (χ1v) is 10.6. The monoisotopic (exact) mass is 384 g/mol. The number of nitrogens with two attached hydrogens (primary N) is 1. The van der Waals surface area contributed by atoms with Crippen LogP contribution >= 0.6 is 11.8 Å². The van der Waals surface area contributed by atoms with Gasteiger partial charge in [-0.05, 0) is 53.6 Å². The van der Waals surface area contributed by atoms with E-state index >= 15 is 0 Å². The highest BCUT2D eigenvalue weighted by molar-refractivity contribution is 7.99. The summed E-state index contributed by atoms with van der Waals surface area (Å²) in [5, 5.41) is 2.97. The summed E-state index contributed by atoms with van der Waals surface area (Å²) in [6, 6.07) is 16.6. The summed E-state index contributed by atoms with van der Waals surface area (Å²) in [7, 11) is 0. The Hall–Kier alpha value is -1.78. The van der Waals surface area contributed by atoms with Crippen molar-refractivity contribution in [2.45, 2.75) is 44.9 Å². The van der Waals surface area contributed by atoms with Crippen LogP contribution in [0.2, 0.25) is 0 Å². The normalized spacial score (nSPS) is 11.6. The van der Waals surface area contributed by atoms with Crippen LogP contribution in [0.15, 0.2) is 53.4 Å². The molecule has 2 aromatic rings. The van der Waals surface area contributed by atoms with Crippen LogP contribution in [0.4, 0.5) is 0 Å². The second-order valence-corrected chi connectivity index (χ2v) is 9.18. The summed E-state index contributed by atoms with van der Waals surface area (Å²) in [6.07, 6.45) is 0.985. The number of thioether (sulfide) groups is 1. The molecule has 3 nitrogen and oxygen atoms in total. The van der Waals surface area contributed by atoms with E-state index < -0.39 is 0 Å². The molecule has 146 valence electrons. The first kappa shape index (κ1) is 21.5. The molecule has 0 unspecified atom stereocenters. The quantitative estimate of drug-likeness (QED) is 0.607. The van der Waals surface area contributed by atoms with Gasteiger partial charge in [-0.25, -0.2) is 0 Å². The summed E-state index contributed by atoms with van der Waals surface area (Å²) in [5.74, 6) is 1.53. The number of nitrogens with one attached hydrogen (secondary N) is 1. The number of amides is 1. The van der Waals surface area contributed by atoms with Crippen molar-refractivity contribution in [2.24, 2.45) is 11.1 Å². The van der Waals surface area contributed by atoms with Crippen molar-refractivity contribution < 1.29 is 4.79 Å². The average Bonchev–Trinajstić information content (AvgIpc) is 2.67. The van der Waals surface area contributed by atoms with Crippen LogP contribution in [-0.4, -0.2) is 24.7 Å². The molecular weight excluding hydrogens is 352 g/mol. The van der Waals surface area contributed by atoms with E-state index in [1.807, 2.05) is 37.7 Å². The van der Waals surface area contributed by atoms with Gasteiger partial charge in [0.15, 0.2) is 0 Å². The Bertz CT molecular complexity index is 738. The molecule has 0 aliphatic heterocycles. The molecule has 0 atom stereocenters. The zero-order valence-corrected chi connectivity index (χ0v) is 17.7. The van der Waals surface area contributed by atoms with Gasteiger partial charge in [-0.3, -0.25) is 4.79 Å². The van der Waals surface area contributed by atoms with Crippen LogP contribution in [0.5, 0.6) is 0 Å². The largest absolute Gasteiger partial charge is 0.351 e. The average molecular weight is 385 g/mol. The zero-order chi connectivity index (χ0) is 19.9. The second-order valence-electron chi connectivity index (χ2n) is 8.04. The summed E-state index contributed by atoms with van der Waals surface area (Å²) >= 11 is 1.90. The molecule has 4 heteroatoms. The van der Waals surface area contributed by atoms with E-state index in [-0.39, 0.29) is 11.3 Å². The lowest BCUT2D eigenvalue weighted by Crippen LogP contribution is -2.38. The number of aryl methyl sites for hydroxylation is 1. The van der Waals surface area contributed by atoms with Gasteiger partial charge in [0.1, 0.15) is 0 Å². The maximum Gasteiger partial charge on any atom is 0.251 e. The number of benzene rings is 2. The molecule has 0 aromatic heterocycles. The van der Waals surface area contributed by atoms with E-state index in [1.54, 1.807) is 0 Å². The van der Waals surface area contributed by atoms with Gasteiger partial charge in [-0.15, -0.1) is 11.8 Å². The molecule has 0 radical (unpaired) electrons. The van der Waals surface area contributed by atoms with E-state index in [0.717, 1.165) is 12.2 Å². The summed E-state index contributed by atoms with van der Waals surface area (Å²) < 4.78 is 0. The molecule has 1 amide bonds. The summed E-state index contributed by atoms with van der Waals surface area (Å²) in [5.41, 5.74) is 8.99. The fourth-order valence-corrected chi connectivity index (χ4v) is 3.89. The third kappa shape index (κ3) is 6.71. The molecule has 0 heterocycles. The lowest BCUT2D eigenvalue weighted by molar-refractivity contribution is 0.0938. The lowest BCUT2D eigenvalue weighted by atomic mass is 9.94. The molecule has 0 aliphatic rings. The molecule has 0 fully saturated rings. The molecule has 2 rings (SSSR count). The van der Waals surface area contributed by atoms with E-state index in [4.69, 9.17) is 5.73 Å². The topological polar surface area (TPSA) is 55.1 Å². The third-order valence-corrected chi connectivity index (χ3v) is 5.78. The van der Waals surface area contributed by atoms with Gasteiger partial charge in [-0.1, -0.05) is 58.0 Å². The van der Waals surface area contributed by atoms with E-state index in [1.165, 1.54) is 16.0 Å². The third-order valence-electron chi connectivity index (χ3n) is 4.69. The number of hydrogen-bond donors (Lipinski definition) is 2. The number of rotatable bonds is 9. The van der Waals surface area contributed by atoms with Gasteiger partial charge >= 0.3 is 0 Å². The molecule has 0 saturated carbocycles. The minimum Gasteiger partial charge on any atom is -0.351 e. The molecule has 0 saturated heterocycles. The van der Waals surface area contributed by atoms with Crippen molar-refractivity contribution in [1.82, 2.24) is 5.32 Å². The number of hydrogen-bond acceptors (Lipinski definition) is 3.